The van der Waals surface area contributed by atoms with Crippen molar-refractivity contribution < 1.29 is 10.2 Å². The third-order valence-electron chi connectivity index (χ3n) is 6.32. The number of rotatable bonds is 3. The number of benzene rings is 1. The van der Waals surface area contributed by atoms with E-state index < -0.39 is 0 Å². The fraction of sp³-hybridized carbons (Fsp3) is 0.304. The lowest BCUT2D eigenvalue weighted by molar-refractivity contribution is 0.175. The predicted octanol–water partition coefficient (Wildman–Crippen LogP) is 3.75. The van der Waals surface area contributed by atoms with Crippen LogP contribution < -0.4 is 11.1 Å². The van der Waals surface area contributed by atoms with Gasteiger partial charge in [-0.2, -0.15) is 0 Å². The highest BCUT2D eigenvalue weighted by Gasteiger charge is 2.47. The number of pyridine rings is 2. The molecule has 3 aromatic rings. The van der Waals surface area contributed by atoms with Crippen molar-refractivity contribution in [1.29, 1.82) is 0 Å². The third kappa shape index (κ3) is 3.03. The summed E-state index contributed by atoms with van der Waals surface area (Å²) in [4.78, 5) is 9.07. The second-order valence-electron chi connectivity index (χ2n) is 8.25. The van der Waals surface area contributed by atoms with E-state index in [1.54, 1.807) is 18.5 Å². The van der Waals surface area contributed by atoms with Crippen molar-refractivity contribution in [3.05, 3.63) is 58.9 Å². The molecule has 1 saturated carbocycles. The molecule has 0 amide bonds. The molecule has 0 saturated heterocycles. The van der Waals surface area contributed by atoms with E-state index in [0.717, 1.165) is 53.0 Å². The summed E-state index contributed by atoms with van der Waals surface area (Å²) in [5.74, 6) is 0.800. The first-order valence-corrected chi connectivity index (χ1v) is 10.5. The first-order chi connectivity index (χ1) is 14.5. The Morgan fingerprint density at radius 1 is 1.23 bits per heavy atom. The summed E-state index contributed by atoms with van der Waals surface area (Å²) >= 11 is 6.96. The number of hydrogen-bond acceptors (Lipinski definition) is 6. The number of nitrogens with one attached hydrogen (secondary N) is 1. The van der Waals surface area contributed by atoms with E-state index in [-0.39, 0.29) is 18.1 Å². The van der Waals surface area contributed by atoms with E-state index >= 15 is 0 Å². The molecule has 1 aromatic carbocycles. The van der Waals surface area contributed by atoms with Gasteiger partial charge in [0.1, 0.15) is 5.82 Å². The lowest BCUT2D eigenvalue weighted by atomic mass is 9.80. The number of hydrogen-bond donors (Lipinski definition) is 4. The van der Waals surface area contributed by atoms with Crippen LogP contribution in [0.25, 0.3) is 22.4 Å². The summed E-state index contributed by atoms with van der Waals surface area (Å²) in [7, 11) is 0. The van der Waals surface area contributed by atoms with Crippen LogP contribution in [0.4, 0.5) is 11.5 Å². The highest BCUT2D eigenvalue weighted by Crippen LogP contribution is 2.52. The molecule has 2 aliphatic rings. The SMILES string of the molecule is Nc1cc(-c2cnc3c(c2Cl)[C@@]2(CC[C@@H](O)C2)CN3)cc(-c2ncccc2CO)c1. The molecule has 7 heteroatoms. The Balaban J connectivity index is 1.64. The zero-order valence-electron chi connectivity index (χ0n) is 16.4. The minimum atomic E-state index is -0.308. The zero-order chi connectivity index (χ0) is 20.9. The molecular formula is C23H23ClN4O2. The van der Waals surface area contributed by atoms with Crippen LogP contribution in [0.5, 0.6) is 0 Å². The number of nitrogen functional groups attached to an aromatic ring is 1. The number of fused-ring (bicyclic) bond motifs is 2. The van der Waals surface area contributed by atoms with Crippen LogP contribution in [0.2, 0.25) is 5.02 Å². The van der Waals surface area contributed by atoms with Gasteiger partial charge in [0, 0.05) is 52.3 Å². The molecule has 1 aliphatic carbocycles. The average Bonchev–Trinajstić information content (AvgIpc) is 3.31. The number of nitrogens with two attached hydrogens (primary N) is 1. The first kappa shape index (κ1) is 19.3. The number of aromatic nitrogens is 2. The molecule has 1 spiro atoms. The molecule has 154 valence electrons. The van der Waals surface area contributed by atoms with Crippen molar-refractivity contribution >= 4 is 23.1 Å². The van der Waals surface area contributed by atoms with Gasteiger partial charge in [-0.1, -0.05) is 17.7 Å². The molecule has 2 aromatic heterocycles. The van der Waals surface area contributed by atoms with Crippen LogP contribution in [0, 0.1) is 0 Å². The van der Waals surface area contributed by atoms with Crippen LogP contribution >= 0.6 is 11.6 Å². The summed E-state index contributed by atoms with van der Waals surface area (Å²) in [5, 5.41) is 23.9. The minimum absolute atomic E-state index is 0.106. The standard InChI is InChI=1S/C23H23ClN4O2/c24-20-18(10-27-22-19(20)23(12-28-22)4-3-17(30)9-23)14-6-15(8-16(25)7-14)21-13(11-29)2-1-5-26-21/h1-2,5-8,10,17,29-30H,3-4,9,11-12,25H2,(H,27,28)/t17-,23-/m1/s1. The molecule has 5 rings (SSSR count). The summed E-state index contributed by atoms with van der Waals surface area (Å²) < 4.78 is 0. The molecule has 6 nitrogen and oxygen atoms in total. The van der Waals surface area contributed by atoms with Gasteiger partial charge in [0.15, 0.2) is 0 Å². The zero-order valence-corrected chi connectivity index (χ0v) is 17.2. The Bertz CT molecular complexity index is 1130. The molecule has 0 unspecified atom stereocenters. The van der Waals surface area contributed by atoms with Gasteiger partial charge < -0.3 is 21.3 Å². The molecule has 3 heterocycles. The normalized spacial score (nSPS) is 22.3. The van der Waals surface area contributed by atoms with Crippen molar-refractivity contribution in [2.45, 2.75) is 37.4 Å². The second-order valence-corrected chi connectivity index (χ2v) is 8.63. The maximum Gasteiger partial charge on any atom is 0.131 e. The van der Waals surface area contributed by atoms with Gasteiger partial charge in [0.2, 0.25) is 0 Å². The van der Waals surface area contributed by atoms with Gasteiger partial charge in [-0.05, 0) is 49.1 Å². The highest BCUT2D eigenvalue weighted by molar-refractivity contribution is 6.34. The molecule has 30 heavy (non-hydrogen) atoms. The lowest BCUT2D eigenvalue weighted by Gasteiger charge is -2.24. The molecule has 1 fully saturated rings. The highest BCUT2D eigenvalue weighted by atomic mass is 35.5. The molecular weight excluding hydrogens is 400 g/mol. The van der Waals surface area contributed by atoms with Gasteiger partial charge in [0.05, 0.1) is 23.4 Å². The maximum atomic E-state index is 10.2. The molecule has 1 aliphatic heterocycles. The van der Waals surface area contributed by atoms with E-state index in [2.05, 4.69) is 15.3 Å². The molecule has 0 radical (unpaired) electrons. The van der Waals surface area contributed by atoms with Crippen LogP contribution in [0.15, 0.2) is 42.7 Å². The summed E-state index contributed by atoms with van der Waals surface area (Å²) in [5.41, 5.74) is 11.5. The van der Waals surface area contributed by atoms with Crippen molar-refractivity contribution in [2.24, 2.45) is 0 Å². The summed E-state index contributed by atoms with van der Waals surface area (Å²) in [6, 6.07) is 9.34. The summed E-state index contributed by atoms with van der Waals surface area (Å²) in [6.07, 6.45) is 5.50. The van der Waals surface area contributed by atoms with E-state index in [9.17, 15) is 10.2 Å². The van der Waals surface area contributed by atoms with Gasteiger partial charge in [-0.3, -0.25) is 4.98 Å². The number of aliphatic hydroxyl groups excluding tert-OH is 2. The van der Waals surface area contributed by atoms with E-state index in [4.69, 9.17) is 17.3 Å². The number of anilines is 2. The topological polar surface area (TPSA) is 104 Å². The second kappa shape index (κ2) is 7.23. The number of halogens is 1. The van der Waals surface area contributed by atoms with Gasteiger partial charge in [-0.25, -0.2) is 4.98 Å². The Labute approximate surface area is 179 Å². The van der Waals surface area contributed by atoms with Crippen molar-refractivity contribution in [1.82, 2.24) is 9.97 Å². The first-order valence-electron chi connectivity index (χ1n) is 10.1. The van der Waals surface area contributed by atoms with Gasteiger partial charge in [-0.15, -0.1) is 0 Å². The Morgan fingerprint density at radius 2 is 2.07 bits per heavy atom. The van der Waals surface area contributed by atoms with E-state index in [1.165, 1.54) is 0 Å². The molecule has 2 atom stereocenters. The lowest BCUT2D eigenvalue weighted by Crippen LogP contribution is -2.26. The summed E-state index contributed by atoms with van der Waals surface area (Å²) in [6.45, 7) is 0.635. The number of aliphatic hydroxyl groups is 2. The predicted molar refractivity (Wildman–Crippen MR) is 118 cm³/mol. The Kier molecular flexibility index (Phi) is 4.65. The van der Waals surface area contributed by atoms with Crippen LogP contribution in [-0.4, -0.2) is 32.8 Å². The van der Waals surface area contributed by atoms with Crippen LogP contribution in [0.1, 0.15) is 30.4 Å². The van der Waals surface area contributed by atoms with Crippen molar-refractivity contribution in [2.75, 3.05) is 17.6 Å². The Hall–Kier alpha value is -2.67. The quantitative estimate of drug-likeness (QED) is 0.479. The van der Waals surface area contributed by atoms with Crippen molar-refractivity contribution in [3.8, 4) is 22.4 Å². The third-order valence-corrected chi connectivity index (χ3v) is 6.72. The molecule has 5 N–H and O–H groups in total. The largest absolute Gasteiger partial charge is 0.399 e. The monoisotopic (exact) mass is 422 g/mol. The smallest absolute Gasteiger partial charge is 0.131 e. The average molecular weight is 423 g/mol. The number of nitrogens with zero attached hydrogens (tertiary/aromatic N) is 2. The van der Waals surface area contributed by atoms with Crippen molar-refractivity contribution in [3.63, 3.8) is 0 Å². The maximum absolute atomic E-state index is 10.2. The van der Waals surface area contributed by atoms with Crippen LogP contribution in [0.3, 0.4) is 0 Å². The van der Waals surface area contributed by atoms with E-state index in [1.807, 2.05) is 24.3 Å². The Morgan fingerprint density at radius 3 is 2.83 bits per heavy atom. The van der Waals surface area contributed by atoms with E-state index in [0.29, 0.717) is 22.8 Å². The fourth-order valence-electron chi connectivity index (χ4n) is 4.91. The minimum Gasteiger partial charge on any atom is -0.399 e. The van der Waals surface area contributed by atoms with Crippen LogP contribution in [-0.2, 0) is 12.0 Å². The molecule has 0 bridgehead atoms. The fourth-order valence-corrected chi connectivity index (χ4v) is 5.35. The van der Waals surface area contributed by atoms with Gasteiger partial charge >= 0.3 is 0 Å². The van der Waals surface area contributed by atoms with Gasteiger partial charge in [0.25, 0.3) is 0 Å².